The van der Waals surface area contributed by atoms with E-state index in [0.29, 0.717) is 5.56 Å². The molecule has 1 fully saturated rings. The molecule has 1 aliphatic heterocycles. The highest BCUT2D eigenvalue weighted by Crippen LogP contribution is 2.22. The van der Waals surface area contributed by atoms with Crippen LogP contribution in [0.5, 0.6) is 0 Å². The minimum atomic E-state index is -0.419. The van der Waals surface area contributed by atoms with Crippen LogP contribution in [0.3, 0.4) is 0 Å². The number of hydrogen-bond donors (Lipinski definition) is 0. The van der Waals surface area contributed by atoms with Gasteiger partial charge in [0.25, 0.3) is 5.69 Å². The maximum Gasteiger partial charge on any atom is 0.269 e. The maximum atomic E-state index is 10.8. The van der Waals surface area contributed by atoms with E-state index in [1.807, 2.05) is 6.07 Å². The number of nitro benzene ring substituents is 1. The zero-order valence-electron chi connectivity index (χ0n) is 14.2. The van der Waals surface area contributed by atoms with Crippen LogP contribution in [-0.2, 0) is 11.4 Å². The summed E-state index contributed by atoms with van der Waals surface area (Å²) in [5.41, 5.74) is 4.17. The second-order valence-electron chi connectivity index (χ2n) is 6.17. The number of oxime groups is 1. The Hall–Kier alpha value is -2.89. The smallest absolute Gasteiger partial charge is 0.269 e. The fourth-order valence-corrected chi connectivity index (χ4v) is 2.94. The van der Waals surface area contributed by atoms with Gasteiger partial charge in [0, 0.05) is 30.9 Å². The van der Waals surface area contributed by atoms with Gasteiger partial charge in [-0.3, -0.25) is 10.1 Å². The summed E-state index contributed by atoms with van der Waals surface area (Å²) in [6, 6.07) is 12.7. The largest absolute Gasteiger partial charge is 0.391 e. The summed E-state index contributed by atoms with van der Waals surface area (Å²) < 4.78 is 0. The predicted molar refractivity (Wildman–Crippen MR) is 98.1 cm³/mol. The van der Waals surface area contributed by atoms with Crippen molar-refractivity contribution in [3.8, 4) is 0 Å². The molecule has 1 heterocycles. The third-order valence-electron chi connectivity index (χ3n) is 4.34. The van der Waals surface area contributed by atoms with Crippen LogP contribution >= 0.6 is 0 Å². The average molecular weight is 339 g/mol. The summed E-state index contributed by atoms with van der Waals surface area (Å²) in [4.78, 5) is 18.0. The van der Waals surface area contributed by atoms with Crippen molar-refractivity contribution >= 4 is 17.6 Å². The summed E-state index contributed by atoms with van der Waals surface area (Å²) in [5.74, 6) is 0. The Kier molecular flexibility index (Phi) is 5.28. The number of hydrogen-bond acceptors (Lipinski definition) is 5. The number of anilines is 1. The van der Waals surface area contributed by atoms with Gasteiger partial charge < -0.3 is 9.74 Å². The zero-order chi connectivity index (χ0) is 17.6. The third-order valence-corrected chi connectivity index (χ3v) is 4.34. The normalized spacial score (nSPS) is 14.2. The van der Waals surface area contributed by atoms with Gasteiger partial charge in [-0.2, -0.15) is 0 Å². The lowest BCUT2D eigenvalue weighted by atomic mass is 10.1. The second kappa shape index (κ2) is 7.79. The standard InChI is InChI=1S/C19H21N3O3/c1-15-11-18(21-9-2-3-10-21)8-7-17(15)13-20-25-14-16-5-4-6-19(12-16)22(23)24/h4-8,11-13H,2-3,9-10,14H2,1H3/b20-13-. The fraction of sp³-hybridized carbons (Fsp3) is 0.316. The van der Waals surface area contributed by atoms with Crippen molar-refractivity contribution in [1.82, 2.24) is 0 Å². The lowest BCUT2D eigenvalue weighted by molar-refractivity contribution is -0.384. The fourth-order valence-electron chi connectivity index (χ4n) is 2.94. The van der Waals surface area contributed by atoms with E-state index in [4.69, 9.17) is 4.84 Å². The quantitative estimate of drug-likeness (QED) is 0.452. The molecule has 6 nitrogen and oxygen atoms in total. The highest BCUT2D eigenvalue weighted by atomic mass is 16.6. The second-order valence-corrected chi connectivity index (χ2v) is 6.17. The van der Waals surface area contributed by atoms with E-state index in [0.717, 1.165) is 24.2 Å². The van der Waals surface area contributed by atoms with Gasteiger partial charge in [-0.05, 0) is 48.6 Å². The molecule has 2 aromatic carbocycles. The number of benzene rings is 2. The van der Waals surface area contributed by atoms with E-state index < -0.39 is 4.92 Å². The topological polar surface area (TPSA) is 68.0 Å². The van der Waals surface area contributed by atoms with E-state index in [1.165, 1.54) is 30.7 Å². The van der Waals surface area contributed by atoms with Gasteiger partial charge in [-0.15, -0.1) is 0 Å². The van der Waals surface area contributed by atoms with Crippen LogP contribution in [0.1, 0.15) is 29.5 Å². The predicted octanol–water partition coefficient (Wildman–Crippen LogP) is 4.05. The van der Waals surface area contributed by atoms with E-state index in [2.05, 4.69) is 29.1 Å². The van der Waals surface area contributed by atoms with Crippen molar-refractivity contribution in [2.75, 3.05) is 18.0 Å². The van der Waals surface area contributed by atoms with Gasteiger partial charge in [0.2, 0.25) is 0 Å². The van der Waals surface area contributed by atoms with E-state index in [9.17, 15) is 10.1 Å². The molecule has 0 aliphatic carbocycles. The SMILES string of the molecule is Cc1cc(N2CCCC2)ccc1/C=N\OCc1cccc([N+](=O)[O-])c1. The van der Waals surface area contributed by atoms with Crippen molar-refractivity contribution in [1.29, 1.82) is 0 Å². The number of aryl methyl sites for hydroxylation is 1. The van der Waals surface area contributed by atoms with Crippen molar-refractivity contribution in [2.24, 2.45) is 5.16 Å². The Balaban J connectivity index is 1.58. The first-order valence-electron chi connectivity index (χ1n) is 8.38. The number of nitro groups is 1. The van der Waals surface area contributed by atoms with Crippen molar-refractivity contribution in [3.63, 3.8) is 0 Å². The molecular weight excluding hydrogens is 318 g/mol. The molecule has 6 heteroatoms. The van der Waals surface area contributed by atoms with Crippen LogP contribution in [0.2, 0.25) is 0 Å². The molecule has 0 amide bonds. The van der Waals surface area contributed by atoms with E-state index in [1.54, 1.807) is 18.3 Å². The molecule has 0 saturated carbocycles. The minimum absolute atomic E-state index is 0.0541. The average Bonchev–Trinajstić information content (AvgIpc) is 3.14. The highest BCUT2D eigenvalue weighted by Gasteiger charge is 2.12. The Morgan fingerprint density at radius 2 is 2.04 bits per heavy atom. The summed E-state index contributed by atoms with van der Waals surface area (Å²) in [6.45, 7) is 4.50. The van der Waals surface area contributed by atoms with Crippen LogP contribution in [0.25, 0.3) is 0 Å². The summed E-state index contributed by atoms with van der Waals surface area (Å²) in [7, 11) is 0. The van der Waals surface area contributed by atoms with Crippen molar-refractivity contribution in [3.05, 3.63) is 69.3 Å². The molecule has 25 heavy (non-hydrogen) atoms. The van der Waals surface area contributed by atoms with Crippen molar-refractivity contribution < 1.29 is 9.76 Å². The van der Waals surface area contributed by atoms with Gasteiger partial charge in [-0.1, -0.05) is 23.4 Å². The van der Waals surface area contributed by atoms with Crippen LogP contribution in [0.15, 0.2) is 47.6 Å². The summed E-state index contributed by atoms with van der Waals surface area (Å²) in [5, 5.41) is 14.8. The molecule has 1 aliphatic rings. The van der Waals surface area contributed by atoms with Gasteiger partial charge in [-0.25, -0.2) is 0 Å². The van der Waals surface area contributed by atoms with Crippen LogP contribution in [0.4, 0.5) is 11.4 Å². The molecule has 3 rings (SSSR count). The number of non-ortho nitro benzene ring substituents is 1. The van der Waals surface area contributed by atoms with Crippen LogP contribution < -0.4 is 4.90 Å². The molecular formula is C19H21N3O3. The molecule has 0 aromatic heterocycles. The van der Waals surface area contributed by atoms with Crippen LogP contribution in [-0.4, -0.2) is 24.2 Å². The van der Waals surface area contributed by atoms with Gasteiger partial charge in [0.05, 0.1) is 11.1 Å². The molecule has 0 unspecified atom stereocenters. The first kappa shape index (κ1) is 17.0. The van der Waals surface area contributed by atoms with Gasteiger partial charge in [0.15, 0.2) is 0 Å². The third kappa shape index (κ3) is 4.35. The zero-order valence-corrected chi connectivity index (χ0v) is 14.2. The monoisotopic (exact) mass is 339 g/mol. The van der Waals surface area contributed by atoms with Gasteiger partial charge in [0.1, 0.15) is 6.61 Å². The molecule has 0 spiro atoms. The first-order valence-corrected chi connectivity index (χ1v) is 8.38. The Bertz CT molecular complexity index is 783. The molecule has 0 atom stereocenters. The van der Waals surface area contributed by atoms with E-state index >= 15 is 0 Å². The molecule has 2 aromatic rings. The highest BCUT2D eigenvalue weighted by molar-refractivity contribution is 5.82. The maximum absolute atomic E-state index is 10.8. The lowest BCUT2D eigenvalue weighted by Crippen LogP contribution is -2.17. The Labute approximate surface area is 146 Å². The molecule has 130 valence electrons. The molecule has 0 bridgehead atoms. The van der Waals surface area contributed by atoms with Crippen molar-refractivity contribution in [2.45, 2.75) is 26.4 Å². The molecule has 0 radical (unpaired) electrons. The number of rotatable bonds is 6. The Morgan fingerprint density at radius 3 is 2.76 bits per heavy atom. The summed E-state index contributed by atoms with van der Waals surface area (Å²) >= 11 is 0. The van der Waals surface area contributed by atoms with Crippen LogP contribution in [0, 0.1) is 17.0 Å². The minimum Gasteiger partial charge on any atom is -0.391 e. The summed E-state index contributed by atoms with van der Waals surface area (Å²) in [6.07, 6.45) is 4.20. The molecule has 0 N–H and O–H groups in total. The van der Waals surface area contributed by atoms with Gasteiger partial charge >= 0.3 is 0 Å². The first-order chi connectivity index (χ1) is 12.1. The lowest BCUT2D eigenvalue weighted by Gasteiger charge is -2.18. The molecule has 1 saturated heterocycles. The Morgan fingerprint density at radius 1 is 1.24 bits per heavy atom. The van der Waals surface area contributed by atoms with E-state index in [-0.39, 0.29) is 12.3 Å². The number of nitrogens with zero attached hydrogens (tertiary/aromatic N) is 3.